The SMILES string of the molecule is Cc1cc(=O)oc2cc(OCC(=O)NC(CO)C(=O)NC3CCCCCCC3)ccc12. The molecular weight excluding hydrogens is 400 g/mol. The maximum Gasteiger partial charge on any atom is 0.336 e. The molecule has 0 radical (unpaired) electrons. The Kier molecular flexibility index (Phi) is 8.06. The van der Waals surface area contributed by atoms with E-state index < -0.39 is 24.2 Å². The van der Waals surface area contributed by atoms with E-state index in [0.29, 0.717) is 11.3 Å². The molecule has 1 aromatic heterocycles. The number of benzene rings is 1. The van der Waals surface area contributed by atoms with Crippen molar-refractivity contribution >= 4 is 22.8 Å². The Labute approximate surface area is 181 Å². The average Bonchev–Trinajstić information content (AvgIpc) is 2.71. The molecule has 1 unspecified atom stereocenters. The second-order valence-corrected chi connectivity index (χ2v) is 8.05. The van der Waals surface area contributed by atoms with Gasteiger partial charge in [0.25, 0.3) is 5.91 Å². The van der Waals surface area contributed by atoms with Crippen LogP contribution in [0.2, 0.25) is 0 Å². The summed E-state index contributed by atoms with van der Waals surface area (Å²) < 4.78 is 10.6. The van der Waals surface area contributed by atoms with Gasteiger partial charge in [0.1, 0.15) is 17.4 Å². The number of hydrogen-bond acceptors (Lipinski definition) is 6. The van der Waals surface area contributed by atoms with Crippen LogP contribution in [-0.2, 0) is 9.59 Å². The van der Waals surface area contributed by atoms with Crippen LogP contribution in [0.15, 0.2) is 33.5 Å². The molecule has 0 bridgehead atoms. The molecule has 1 aliphatic rings. The third-order valence-electron chi connectivity index (χ3n) is 5.58. The molecule has 8 nitrogen and oxygen atoms in total. The number of fused-ring (bicyclic) bond motifs is 1. The van der Waals surface area contributed by atoms with Gasteiger partial charge in [-0.3, -0.25) is 9.59 Å². The van der Waals surface area contributed by atoms with E-state index >= 15 is 0 Å². The lowest BCUT2D eigenvalue weighted by molar-refractivity contribution is -0.131. The fraction of sp³-hybridized carbons (Fsp3) is 0.522. The highest BCUT2D eigenvalue weighted by Gasteiger charge is 2.23. The van der Waals surface area contributed by atoms with E-state index in [4.69, 9.17) is 9.15 Å². The number of aliphatic hydroxyl groups is 1. The Bertz CT molecular complexity index is 962. The lowest BCUT2D eigenvalue weighted by Gasteiger charge is -2.24. The molecule has 2 aromatic rings. The maximum atomic E-state index is 12.5. The minimum Gasteiger partial charge on any atom is -0.484 e. The third-order valence-corrected chi connectivity index (χ3v) is 5.58. The first kappa shape index (κ1) is 22.8. The first-order chi connectivity index (χ1) is 15.0. The Morgan fingerprint density at radius 3 is 2.58 bits per heavy atom. The van der Waals surface area contributed by atoms with Crippen molar-refractivity contribution in [3.05, 3.63) is 40.2 Å². The van der Waals surface area contributed by atoms with Crippen LogP contribution in [0.5, 0.6) is 5.75 Å². The molecule has 1 aliphatic carbocycles. The van der Waals surface area contributed by atoms with Crippen LogP contribution in [-0.4, -0.2) is 42.2 Å². The molecule has 0 aliphatic heterocycles. The van der Waals surface area contributed by atoms with E-state index in [1.54, 1.807) is 18.2 Å². The zero-order chi connectivity index (χ0) is 22.2. The lowest BCUT2D eigenvalue weighted by Crippen LogP contribution is -2.52. The van der Waals surface area contributed by atoms with Crippen LogP contribution in [0.4, 0.5) is 0 Å². The van der Waals surface area contributed by atoms with Gasteiger partial charge >= 0.3 is 5.63 Å². The van der Waals surface area contributed by atoms with E-state index in [2.05, 4.69) is 10.6 Å². The molecule has 0 spiro atoms. The van der Waals surface area contributed by atoms with Crippen molar-refractivity contribution in [2.45, 2.75) is 64.0 Å². The molecule has 1 fully saturated rings. The number of ether oxygens (including phenoxy) is 1. The second-order valence-electron chi connectivity index (χ2n) is 8.05. The standard InChI is InChI=1S/C23H30N2O6/c1-15-11-22(28)31-20-12-17(9-10-18(15)20)30-14-21(27)25-19(13-26)23(29)24-16-7-5-3-2-4-6-8-16/h9-12,16,19,26H,2-8,13-14H2,1H3,(H,24,29)(H,25,27). The van der Waals surface area contributed by atoms with E-state index in [1.165, 1.54) is 25.3 Å². The lowest BCUT2D eigenvalue weighted by atomic mass is 9.96. The molecule has 1 aromatic carbocycles. The van der Waals surface area contributed by atoms with Gasteiger partial charge in [-0.15, -0.1) is 0 Å². The number of nitrogens with one attached hydrogen (secondary N) is 2. The van der Waals surface area contributed by atoms with Crippen LogP contribution in [0.3, 0.4) is 0 Å². The Balaban J connectivity index is 1.53. The summed E-state index contributed by atoms with van der Waals surface area (Å²) in [5.74, 6) is -0.557. The molecule has 2 amide bonds. The number of aliphatic hydroxyl groups excluding tert-OH is 1. The zero-order valence-electron chi connectivity index (χ0n) is 17.8. The number of hydrogen-bond donors (Lipinski definition) is 3. The molecule has 1 heterocycles. The summed E-state index contributed by atoms with van der Waals surface area (Å²) in [5, 5.41) is 15.8. The van der Waals surface area contributed by atoms with Crippen molar-refractivity contribution in [1.82, 2.24) is 10.6 Å². The monoisotopic (exact) mass is 430 g/mol. The fourth-order valence-corrected chi connectivity index (χ4v) is 3.88. The summed E-state index contributed by atoms with van der Waals surface area (Å²) >= 11 is 0. The first-order valence-electron chi connectivity index (χ1n) is 10.8. The van der Waals surface area contributed by atoms with Crippen molar-refractivity contribution in [2.75, 3.05) is 13.2 Å². The van der Waals surface area contributed by atoms with Crippen LogP contribution < -0.4 is 21.0 Å². The Morgan fingerprint density at radius 1 is 1.16 bits per heavy atom. The van der Waals surface area contributed by atoms with Crippen molar-refractivity contribution < 1.29 is 23.8 Å². The topological polar surface area (TPSA) is 118 Å². The second kappa shape index (κ2) is 10.9. The summed E-state index contributed by atoms with van der Waals surface area (Å²) in [5.41, 5.74) is 0.701. The number of rotatable bonds is 7. The van der Waals surface area contributed by atoms with Crippen molar-refractivity contribution in [3.63, 3.8) is 0 Å². The fourth-order valence-electron chi connectivity index (χ4n) is 3.88. The van der Waals surface area contributed by atoms with Gasteiger partial charge in [-0.2, -0.15) is 0 Å². The van der Waals surface area contributed by atoms with Gasteiger partial charge in [0.15, 0.2) is 6.61 Å². The molecule has 31 heavy (non-hydrogen) atoms. The zero-order valence-corrected chi connectivity index (χ0v) is 17.8. The van der Waals surface area contributed by atoms with Crippen LogP contribution in [0.1, 0.15) is 50.5 Å². The molecule has 0 saturated heterocycles. The van der Waals surface area contributed by atoms with E-state index in [0.717, 1.165) is 36.6 Å². The minimum absolute atomic E-state index is 0.0747. The number of aryl methyl sites for hydroxylation is 1. The largest absolute Gasteiger partial charge is 0.484 e. The summed E-state index contributed by atoms with van der Waals surface area (Å²) in [6.07, 6.45) is 7.54. The van der Waals surface area contributed by atoms with Gasteiger partial charge in [-0.05, 0) is 37.5 Å². The molecule has 3 rings (SSSR count). The van der Waals surface area contributed by atoms with Gasteiger partial charge in [0, 0.05) is 23.6 Å². The molecule has 168 valence electrons. The normalized spacial score (nSPS) is 16.2. The number of carbonyl (C=O) groups excluding carboxylic acids is 2. The van der Waals surface area contributed by atoms with Gasteiger partial charge in [0.2, 0.25) is 5.91 Å². The van der Waals surface area contributed by atoms with Crippen molar-refractivity contribution in [1.29, 1.82) is 0 Å². The maximum absolute atomic E-state index is 12.5. The predicted octanol–water partition coefficient (Wildman–Crippen LogP) is 2.19. The van der Waals surface area contributed by atoms with Gasteiger partial charge in [0.05, 0.1) is 6.61 Å². The van der Waals surface area contributed by atoms with E-state index in [9.17, 15) is 19.5 Å². The Morgan fingerprint density at radius 2 is 1.87 bits per heavy atom. The number of amides is 2. The molecule has 1 saturated carbocycles. The smallest absolute Gasteiger partial charge is 0.336 e. The van der Waals surface area contributed by atoms with Crippen LogP contribution in [0.25, 0.3) is 11.0 Å². The van der Waals surface area contributed by atoms with Crippen LogP contribution in [0, 0.1) is 6.92 Å². The highest BCUT2D eigenvalue weighted by molar-refractivity contribution is 5.88. The minimum atomic E-state index is -1.03. The van der Waals surface area contributed by atoms with E-state index in [1.807, 2.05) is 6.92 Å². The van der Waals surface area contributed by atoms with Gasteiger partial charge < -0.3 is 24.9 Å². The summed E-state index contributed by atoms with van der Waals surface area (Å²) in [6, 6.07) is 5.42. The Hall–Kier alpha value is -2.87. The van der Waals surface area contributed by atoms with Crippen molar-refractivity contribution in [2.24, 2.45) is 0 Å². The highest BCUT2D eigenvalue weighted by atomic mass is 16.5. The molecule has 1 atom stereocenters. The quantitative estimate of drug-likeness (QED) is 0.580. The van der Waals surface area contributed by atoms with E-state index in [-0.39, 0.29) is 18.6 Å². The summed E-state index contributed by atoms with van der Waals surface area (Å²) in [6.45, 7) is 0.976. The first-order valence-corrected chi connectivity index (χ1v) is 10.8. The van der Waals surface area contributed by atoms with Crippen molar-refractivity contribution in [3.8, 4) is 5.75 Å². The van der Waals surface area contributed by atoms with Gasteiger partial charge in [-0.25, -0.2) is 4.79 Å². The van der Waals surface area contributed by atoms with Crippen LogP contribution >= 0.6 is 0 Å². The predicted molar refractivity (Wildman–Crippen MR) is 116 cm³/mol. The summed E-state index contributed by atoms with van der Waals surface area (Å²) in [4.78, 5) is 36.3. The average molecular weight is 431 g/mol. The molecule has 3 N–H and O–H groups in total. The summed E-state index contributed by atoms with van der Waals surface area (Å²) in [7, 11) is 0. The molecular formula is C23H30N2O6. The third kappa shape index (κ3) is 6.55. The highest BCUT2D eigenvalue weighted by Crippen LogP contribution is 2.22. The number of carbonyl (C=O) groups is 2. The van der Waals surface area contributed by atoms with Gasteiger partial charge in [-0.1, -0.05) is 32.1 Å². The molecule has 8 heteroatoms.